The largest absolute Gasteiger partial charge is 0.497 e. The molecule has 1 spiro atoms. The van der Waals surface area contributed by atoms with Crippen molar-refractivity contribution in [2.45, 2.75) is 42.9 Å². The number of hydrogen-bond donors (Lipinski definition) is 0. The molecular formula is C29H29N3O3. The third-order valence-corrected chi connectivity index (χ3v) is 9.77. The third kappa shape index (κ3) is 2.56. The molecule has 2 aromatic rings. The van der Waals surface area contributed by atoms with E-state index in [-0.39, 0.29) is 23.5 Å². The summed E-state index contributed by atoms with van der Waals surface area (Å²) in [5.74, 6) is 1.99. The average Bonchev–Trinajstić information content (AvgIpc) is 3.35. The molecule has 178 valence electrons. The lowest BCUT2D eigenvalue weighted by atomic mass is 9.53. The van der Waals surface area contributed by atoms with Crippen LogP contribution in [0.2, 0.25) is 0 Å². The second-order valence-corrected chi connectivity index (χ2v) is 11.0. The smallest absolute Gasteiger partial charge is 0.229 e. The number of ether oxygens (including phenoxy) is 2. The molecule has 0 aromatic heterocycles. The van der Waals surface area contributed by atoms with Crippen LogP contribution in [0, 0.1) is 11.8 Å². The van der Waals surface area contributed by atoms with Crippen LogP contribution in [0.1, 0.15) is 30.4 Å². The predicted octanol–water partition coefficient (Wildman–Crippen LogP) is 3.85. The summed E-state index contributed by atoms with van der Waals surface area (Å²) in [6.45, 7) is 2.81. The van der Waals surface area contributed by atoms with Crippen LogP contribution in [0.25, 0.3) is 0 Å². The highest BCUT2D eigenvalue weighted by molar-refractivity contribution is 5.99. The van der Waals surface area contributed by atoms with Gasteiger partial charge in [-0.3, -0.25) is 14.7 Å². The van der Waals surface area contributed by atoms with E-state index in [0.29, 0.717) is 30.9 Å². The summed E-state index contributed by atoms with van der Waals surface area (Å²) in [7, 11) is 1.68. The molecular weight excluding hydrogens is 438 g/mol. The van der Waals surface area contributed by atoms with Gasteiger partial charge in [-0.05, 0) is 78.9 Å². The Kier molecular flexibility index (Phi) is 4.08. The Bertz CT molecular complexity index is 1300. The first-order valence-corrected chi connectivity index (χ1v) is 12.9. The van der Waals surface area contributed by atoms with Crippen molar-refractivity contribution < 1.29 is 14.3 Å². The van der Waals surface area contributed by atoms with Gasteiger partial charge in [0.1, 0.15) is 5.75 Å². The van der Waals surface area contributed by atoms with E-state index >= 15 is 0 Å². The molecule has 0 N–H and O–H groups in total. The molecule has 35 heavy (non-hydrogen) atoms. The van der Waals surface area contributed by atoms with Crippen molar-refractivity contribution in [2.75, 3.05) is 31.7 Å². The Morgan fingerprint density at radius 1 is 1.20 bits per heavy atom. The van der Waals surface area contributed by atoms with Crippen LogP contribution in [0.5, 0.6) is 5.75 Å². The summed E-state index contributed by atoms with van der Waals surface area (Å²) >= 11 is 0. The molecule has 5 heterocycles. The van der Waals surface area contributed by atoms with Gasteiger partial charge >= 0.3 is 0 Å². The minimum atomic E-state index is -0.0182. The molecule has 2 bridgehead atoms. The van der Waals surface area contributed by atoms with Crippen LogP contribution in [-0.4, -0.2) is 62.0 Å². The second kappa shape index (κ2) is 7.05. The zero-order chi connectivity index (χ0) is 23.3. The van der Waals surface area contributed by atoms with Crippen LogP contribution in [-0.2, 0) is 14.9 Å². The van der Waals surface area contributed by atoms with E-state index in [4.69, 9.17) is 14.5 Å². The molecule has 3 saturated heterocycles. The summed E-state index contributed by atoms with van der Waals surface area (Å²) in [6, 6.07) is 15.1. The number of hydrogen-bond acceptors (Lipinski definition) is 5. The summed E-state index contributed by atoms with van der Waals surface area (Å²) in [5, 5.41) is 0. The van der Waals surface area contributed by atoms with Crippen molar-refractivity contribution in [3.8, 4) is 5.75 Å². The number of piperidine rings is 2. The lowest BCUT2D eigenvalue weighted by Crippen LogP contribution is -2.69. The highest BCUT2D eigenvalue weighted by atomic mass is 16.5. The van der Waals surface area contributed by atoms with E-state index in [9.17, 15) is 4.79 Å². The third-order valence-electron chi connectivity index (χ3n) is 9.77. The monoisotopic (exact) mass is 467 g/mol. The van der Waals surface area contributed by atoms with Crippen molar-refractivity contribution in [3.05, 3.63) is 65.2 Å². The standard InChI is InChI=1S/C29H29N3O3/c1-34-20-5-2-17(3-6-20)15-30-19-4-7-23-22(12-19)29-9-10-31-16-18-8-11-35-24-14-26(33)32(23)28(29)27(24)21(18)13-25(29)31/h2-8,12,15,21,24-25,27-28H,9-11,13-14,16H2,1H3/t21-,24+,25-,27+,28-,29-/m0/s1. The molecule has 4 fully saturated rings. The predicted molar refractivity (Wildman–Crippen MR) is 134 cm³/mol. The number of rotatable bonds is 3. The van der Waals surface area contributed by atoms with E-state index in [1.165, 1.54) is 12.0 Å². The van der Waals surface area contributed by atoms with E-state index in [0.717, 1.165) is 42.2 Å². The number of methoxy groups -OCH3 is 1. The maximum atomic E-state index is 13.6. The average molecular weight is 468 g/mol. The van der Waals surface area contributed by atoms with Crippen molar-refractivity contribution >= 4 is 23.5 Å². The van der Waals surface area contributed by atoms with Crippen LogP contribution in [0.15, 0.2) is 59.1 Å². The zero-order valence-electron chi connectivity index (χ0n) is 19.9. The molecule has 1 saturated carbocycles. The van der Waals surface area contributed by atoms with Gasteiger partial charge in [-0.15, -0.1) is 0 Å². The normalized spacial score (nSPS) is 36.3. The molecule has 0 unspecified atom stereocenters. The molecule has 2 aromatic carbocycles. The number of amides is 1. The first-order valence-electron chi connectivity index (χ1n) is 12.9. The first kappa shape index (κ1) is 20.3. The minimum absolute atomic E-state index is 0.0182. The zero-order valence-corrected chi connectivity index (χ0v) is 19.9. The number of nitrogens with zero attached hydrogens (tertiary/aromatic N) is 3. The van der Waals surface area contributed by atoms with E-state index in [1.807, 2.05) is 30.5 Å². The highest BCUT2D eigenvalue weighted by Crippen LogP contribution is 2.66. The van der Waals surface area contributed by atoms with Gasteiger partial charge in [-0.2, -0.15) is 0 Å². The van der Waals surface area contributed by atoms with Gasteiger partial charge in [0.15, 0.2) is 0 Å². The molecule has 1 aliphatic carbocycles. The maximum Gasteiger partial charge on any atom is 0.229 e. The van der Waals surface area contributed by atoms with Gasteiger partial charge < -0.3 is 14.4 Å². The van der Waals surface area contributed by atoms with Gasteiger partial charge in [-0.1, -0.05) is 11.6 Å². The van der Waals surface area contributed by atoms with Crippen molar-refractivity contribution in [1.82, 2.24) is 4.90 Å². The van der Waals surface area contributed by atoms with Crippen molar-refractivity contribution in [3.63, 3.8) is 0 Å². The SMILES string of the molecule is COc1ccc(C=Nc2ccc3c(c2)[C@]24CCN5CC6=CCO[C@@H]7CC(=O)N3[C@H]2[C@@H]7[C@H]6C[C@H]54)cc1. The van der Waals surface area contributed by atoms with Gasteiger partial charge in [-0.25, -0.2) is 0 Å². The van der Waals surface area contributed by atoms with E-state index < -0.39 is 0 Å². The number of carbonyl (C=O) groups excluding carboxylic acids is 1. The topological polar surface area (TPSA) is 54.4 Å². The molecule has 6 heteroatoms. The van der Waals surface area contributed by atoms with Crippen LogP contribution < -0.4 is 9.64 Å². The number of anilines is 1. The summed E-state index contributed by atoms with van der Waals surface area (Å²) < 4.78 is 11.6. The molecule has 1 amide bonds. The number of benzene rings is 2. The first-order chi connectivity index (χ1) is 17.2. The summed E-state index contributed by atoms with van der Waals surface area (Å²) in [5.41, 5.74) is 5.98. The van der Waals surface area contributed by atoms with E-state index in [2.05, 4.69) is 34.1 Å². The molecule has 6 aliphatic rings. The van der Waals surface area contributed by atoms with Gasteiger partial charge in [0.05, 0.1) is 38.0 Å². The fraction of sp³-hybridized carbons (Fsp3) is 0.448. The van der Waals surface area contributed by atoms with Crippen LogP contribution in [0.4, 0.5) is 11.4 Å². The van der Waals surface area contributed by atoms with Crippen LogP contribution >= 0.6 is 0 Å². The number of aliphatic imine (C=N–C) groups is 1. The Hall–Kier alpha value is -2.96. The molecule has 5 aliphatic heterocycles. The molecule has 0 radical (unpaired) electrons. The quantitative estimate of drug-likeness (QED) is 0.508. The van der Waals surface area contributed by atoms with Crippen molar-refractivity contribution in [1.29, 1.82) is 0 Å². The fourth-order valence-electron chi connectivity index (χ4n) is 8.46. The Morgan fingerprint density at radius 2 is 2.09 bits per heavy atom. The van der Waals surface area contributed by atoms with Crippen LogP contribution in [0.3, 0.4) is 0 Å². The van der Waals surface area contributed by atoms with E-state index in [1.54, 1.807) is 12.7 Å². The lowest BCUT2D eigenvalue weighted by Gasteiger charge is -2.58. The van der Waals surface area contributed by atoms with Gasteiger partial charge in [0, 0.05) is 35.8 Å². The number of fused-ring (bicyclic) bond motifs is 2. The maximum absolute atomic E-state index is 13.6. The van der Waals surface area contributed by atoms with Crippen molar-refractivity contribution in [2.24, 2.45) is 16.8 Å². The van der Waals surface area contributed by atoms with Gasteiger partial charge in [0.2, 0.25) is 5.91 Å². The van der Waals surface area contributed by atoms with Gasteiger partial charge in [0.25, 0.3) is 0 Å². The Morgan fingerprint density at radius 3 is 2.94 bits per heavy atom. The Labute approximate surface area is 205 Å². The molecule has 6 atom stereocenters. The lowest BCUT2D eigenvalue weighted by molar-refractivity contribution is -0.132. The minimum Gasteiger partial charge on any atom is -0.497 e. The summed E-state index contributed by atoms with van der Waals surface area (Å²) in [4.78, 5) is 23.3. The Balaban J connectivity index is 1.25. The number of carbonyl (C=O) groups is 1. The molecule has 6 nitrogen and oxygen atoms in total. The fourth-order valence-corrected chi connectivity index (χ4v) is 8.46. The highest BCUT2D eigenvalue weighted by Gasteiger charge is 2.71. The molecule has 8 rings (SSSR count). The second-order valence-electron chi connectivity index (χ2n) is 11.0. The summed E-state index contributed by atoms with van der Waals surface area (Å²) in [6.07, 6.45) is 7.07.